The molecule has 0 bridgehead atoms. The summed E-state index contributed by atoms with van der Waals surface area (Å²) in [7, 11) is 0. The molecular formula is C18H23N3O4S. The number of nitrogens with one attached hydrogen (secondary N) is 1. The van der Waals surface area contributed by atoms with Crippen LogP contribution in [-0.2, 0) is 27.2 Å². The molecule has 0 radical (unpaired) electrons. The largest absolute Gasteiger partial charge is 0.450 e. The zero-order chi connectivity index (χ0) is 18.5. The number of amides is 2. The standard InChI is InChI=1S/C18H23N3O4S/c1-2-24-18(23)21-8-7-13-14(10-19)17(26-15(13)11-21)20-16(22)6-5-12-4-3-9-25-12/h12H,2-9,11H2,1H3,(H,20,22). The highest BCUT2D eigenvalue weighted by molar-refractivity contribution is 7.16. The van der Waals surface area contributed by atoms with E-state index in [1.807, 2.05) is 0 Å². The fraction of sp³-hybridized carbons (Fsp3) is 0.611. The maximum absolute atomic E-state index is 12.3. The number of fused-ring (bicyclic) bond motifs is 1. The van der Waals surface area contributed by atoms with Gasteiger partial charge in [-0.1, -0.05) is 0 Å². The number of carbonyl (C=O) groups is 2. The third kappa shape index (κ3) is 4.17. The van der Waals surface area contributed by atoms with Crippen LogP contribution >= 0.6 is 11.3 Å². The number of ether oxygens (including phenoxy) is 2. The van der Waals surface area contributed by atoms with Gasteiger partial charge in [0.25, 0.3) is 0 Å². The van der Waals surface area contributed by atoms with Crippen molar-refractivity contribution in [3.63, 3.8) is 0 Å². The molecule has 3 rings (SSSR count). The van der Waals surface area contributed by atoms with Crippen LogP contribution in [0.25, 0.3) is 0 Å². The lowest BCUT2D eigenvalue weighted by molar-refractivity contribution is -0.116. The minimum Gasteiger partial charge on any atom is -0.450 e. The van der Waals surface area contributed by atoms with Gasteiger partial charge in [0.15, 0.2) is 0 Å². The van der Waals surface area contributed by atoms with Crippen LogP contribution in [0.2, 0.25) is 0 Å². The zero-order valence-electron chi connectivity index (χ0n) is 14.9. The summed E-state index contributed by atoms with van der Waals surface area (Å²) in [5, 5.41) is 13.0. The molecule has 1 atom stereocenters. The molecule has 2 aliphatic rings. The number of carbonyl (C=O) groups excluding carboxylic acids is 2. The van der Waals surface area contributed by atoms with Crippen molar-refractivity contribution in [2.24, 2.45) is 0 Å². The molecule has 3 heterocycles. The van der Waals surface area contributed by atoms with Gasteiger partial charge in [0, 0.05) is 24.4 Å². The lowest BCUT2D eigenvalue weighted by atomic mass is 10.0. The summed E-state index contributed by atoms with van der Waals surface area (Å²) in [6.45, 7) is 3.82. The smallest absolute Gasteiger partial charge is 0.410 e. The summed E-state index contributed by atoms with van der Waals surface area (Å²) < 4.78 is 10.6. The molecule has 1 aromatic rings. The van der Waals surface area contributed by atoms with E-state index in [2.05, 4.69) is 11.4 Å². The molecule has 1 aromatic heterocycles. The Kier molecular flexibility index (Phi) is 6.12. The Morgan fingerprint density at radius 3 is 3.04 bits per heavy atom. The van der Waals surface area contributed by atoms with Gasteiger partial charge in [-0.05, 0) is 38.2 Å². The molecule has 1 fully saturated rings. The van der Waals surface area contributed by atoms with Gasteiger partial charge in [0.1, 0.15) is 11.1 Å². The fourth-order valence-corrected chi connectivity index (χ4v) is 4.56. The molecule has 2 aliphatic heterocycles. The third-order valence-corrected chi connectivity index (χ3v) is 5.80. The summed E-state index contributed by atoms with van der Waals surface area (Å²) in [4.78, 5) is 26.7. The van der Waals surface area contributed by atoms with Crippen LogP contribution in [0.5, 0.6) is 0 Å². The number of rotatable bonds is 5. The molecule has 7 nitrogen and oxygen atoms in total. The van der Waals surface area contributed by atoms with Gasteiger partial charge < -0.3 is 19.7 Å². The molecule has 140 valence electrons. The zero-order valence-corrected chi connectivity index (χ0v) is 15.7. The van der Waals surface area contributed by atoms with E-state index in [0.717, 1.165) is 29.9 Å². The van der Waals surface area contributed by atoms with Crippen LogP contribution in [0.4, 0.5) is 9.80 Å². The molecule has 26 heavy (non-hydrogen) atoms. The van der Waals surface area contributed by atoms with Gasteiger partial charge in [-0.15, -0.1) is 11.3 Å². The van der Waals surface area contributed by atoms with Gasteiger partial charge in [-0.3, -0.25) is 4.79 Å². The van der Waals surface area contributed by atoms with E-state index < -0.39 is 0 Å². The first-order valence-electron chi connectivity index (χ1n) is 9.00. The SMILES string of the molecule is CCOC(=O)N1CCc2c(sc(NC(=O)CCC3CCCO3)c2C#N)C1. The first-order valence-corrected chi connectivity index (χ1v) is 9.81. The third-order valence-electron chi connectivity index (χ3n) is 4.67. The summed E-state index contributed by atoms with van der Waals surface area (Å²) in [5.74, 6) is -0.0992. The molecule has 1 unspecified atom stereocenters. The van der Waals surface area contributed by atoms with Crippen LogP contribution in [-0.4, -0.2) is 42.8 Å². The maximum Gasteiger partial charge on any atom is 0.410 e. The molecule has 1 N–H and O–H groups in total. The first-order chi connectivity index (χ1) is 12.6. The van der Waals surface area contributed by atoms with Crippen LogP contribution in [0, 0.1) is 11.3 Å². The topological polar surface area (TPSA) is 91.7 Å². The van der Waals surface area contributed by atoms with Gasteiger partial charge in [-0.2, -0.15) is 5.26 Å². The Morgan fingerprint density at radius 1 is 1.50 bits per heavy atom. The maximum atomic E-state index is 12.3. The second kappa shape index (κ2) is 8.52. The average Bonchev–Trinajstić information content (AvgIpc) is 3.26. The first kappa shape index (κ1) is 18.7. The van der Waals surface area contributed by atoms with Gasteiger partial charge >= 0.3 is 6.09 Å². The van der Waals surface area contributed by atoms with Crippen molar-refractivity contribution in [3.05, 3.63) is 16.0 Å². The van der Waals surface area contributed by atoms with Crippen LogP contribution in [0.1, 0.15) is 48.6 Å². The van der Waals surface area contributed by atoms with Crippen LogP contribution < -0.4 is 5.32 Å². The lowest BCUT2D eigenvalue weighted by Crippen LogP contribution is -2.35. The number of thiophene rings is 1. The summed E-state index contributed by atoms with van der Waals surface area (Å²) >= 11 is 1.38. The number of anilines is 1. The van der Waals surface area contributed by atoms with Crippen LogP contribution in [0.15, 0.2) is 0 Å². The Labute approximate surface area is 156 Å². The normalized spacial score (nSPS) is 18.9. The minimum absolute atomic E-state index is 0.0992. The van der Waals surface area contributed by atoms with E-state index in [1.54, 1.807) is 11.8 Å². The van der Waals surface area contributed by atoms with Gasteiger partial charge in [-0.25, -0.2) is 4.79 Å². The Morgan fingerprint density at radius 2 is 2.35 bits per heavy atom. The second-order valence-corrected chi connectivity index (χ2v) is 7.52. The van der Waals surface area contributed by atoms with Crippen molar-refractivity contribution < 1.29 is 19.1 Å². The monoisotopic (exact) mass is 377 g/mol. The van der Waals surface area contributed by atoms with E-state index in [9.17, 15) is 14.9 Å². The number of hydrogen-bond donors (Lipinski definition) is 1. The second-order valence-electron chi connectivity index (χ2n) is 6.41. The molecule has 0 saturated carbocycles. The van der Waals surface area contributed by atoms with E-state index >= 15 is 0 Å². The molecular weight excluding hydrogens is 354 g/mol. The van der Waals surface area contributed by atoms with E-state index in [-0.39, 0.29) is 18.1 Å². The molecule has 0 aromatic carbocycles. The van der Waals surface area contributed by atoms with E-state index in [4.69, 9.17) is 9.47 Å². The summed E-state index contributed by atoms with van der Waals surface area (Å²) in [6, 6.07) is 2.21. The molecule has 8 heteroatoms. The van der Waals surface area contributed by atoms with Crippen molar-refractivity contribution in [1.82, 2.24) is 4.90 Å². The highest BCUT2D eigenvalue weighted by atomic mass is 32.1. The number of nitrogens with zero attached hydrogens (tertiary/aromatic N) is 2. The highest BCUT2D eigenvalue weighted by Crippen LogP contribution is 2.37. The average molecular weight is 377 g/mol. The molecule has 2 amide bonds. The Hall–Kier alpha value is -2.11. The van der Waals surface area contributed by atoms with Crippen molar-refractivity contribution in [2.75, 3.05) is 25.1 Å². The van der Waals surface area contributed by atoms with Gasteiger partial charge in [0.05, 0.1) is 24.8 Å². The predicted molar refractivity (Wildman–Crippen MR) is 97.0 cm³/mol. The quantitative estimate of drug-likeness (QED) is 0.851. The fourth-order valence-electron chi connectivity index (χ4n) is 3.33. The number of hydrogen-bond acceptors (Lipinski definition) is 6. The highest BCUT2D eigenvalue weighted by Gasteiger charge is 2.28. The predicted octanol–water partition coefficient (Wildman–Crippen LogP) is 3.03. The van der Waals surface area contributed by atoms with Crippen LogP contribution in [0.3, 0.4) is 0 Å². The van der Waals surface area contributed by atoms with Crippen molar-refractivity contribution in [1.29, 1.82) is 5.26 Å². The molecule has 0 spiro atoms. The minimum atomic E-state index is -0.341. The molecule has 1 saturated heterocycles. The lowest BCUT2D eigenvalue weighted by Gasteiger charge is -2.25. The number of nitriles is 1. The summed E-state index contributed by atoms with van der Waals surface area (Å²) in [6.07, 6.45) is 3.58. The summed E-state index contributed by atoms with van der Waals surface area (Å²) in [5.41, 5.74) is 1.46. The van der Waals surface area contributed by atoms with Crippen molar-refractivity contribution in [3.8, 4) is 6.07 Å². The van der Waals surface area contributed by atoms with Crippen molar-refractivity contribution in [2.45, 2.75) is 51.7 Å². The Bertz CT molecular complexity index is 719. The van der Waals surface area contributed by atoms with E-state index in [0.29, 0.717) is 49.5 Å². The Balaban J connectivity index is 1.64. The molecule has 0 aliphatic carbocycles. The van der Waals surface area contributed by atoms with Gasteiger partial charge in [0.2, 0.25) is 5.91 Å². The van der Waals surface area contributed by atoms with Crippen molar-refractivity contribution >= 4 is 28.3 Å². The van der Waals surface area contributed by atoms with E-state index in [1.165, 1.54) is 11.3 Å².